The molecule has 2 aromatic carbocycles. The monoisotopic (exact) mass is 468 g/mol. The van der Waals surface area contributed by atoms with E-state index in [1.807, 2.05) is 45.0 Å². The summed E-state index contributed by atoms with van der Waals surface area (Å²) in [6.07, 6.45) is 1.72. The molecule has 8 nitrogen and oxygen atoms in total. The van der Waals surface area contributed by atoms with Crippen LogP contribution in [0.3, 0.4) is 0 Å². The largest absolute Gasteiger partial charge is 0.337 e. The van der Waals surface area contributed by atoms with E-state index in [9.17, 15) is 13.2 Å². The maximum Gasteiger partial charge on any atom is 0.245 e. The van der Waals surface area contributed by atoms with Crippen LogP contribution < -0.4 is 5.32 Å². The number of aryl methyl sites for hydroxylation is 1. The van der Waals surface area contributed by atoms with Crippen molar-refractivity contribution in [2.24, 2.45) is 5.92 Å². The van der Waals surface area contributed by atoms with Crippen LogP contribution in [0.5, 0.6) is 0 Å². The van der Waals surface area contributed by atoms with Crippen LogP contribution in [0.15, 0.2) is 57.9 Å². The highest BCUT2D eigenvalue weighted by atomic mass is 32.2. The van der Waals surface area contributed by atoms with E-state index in [-0.39, 0.29) is 16.7 Å². The maximum absolute atomic E-state index is 13.4. The molecule has 0 saturated carbocycles. The van der Waals surface area contributed by atoms with Crippen molar-refractivity contribution in [1.82, 2.24) is 14.4 Å². The van der Waals surface area contributed by atoms with Crippen LogP contribution in [0.2, 0.25) is 0 Å². The molecular weight excluding hydrogens is 440 g/mol. The first-order valence-electron chi connectivity index (χ1n) is 11.1. The molecule has 1 N–H and O–H groups in total. The number of carbonyl (C=O) groups is 1. The SMILES string of the molecule is Cc1ccc(-c2noc([C@H]3CCCN3S(=O)(=O)c3ccc(NC(=O)CC(C)C)cc3)n2)cc1. The number of hydrogen-bond donors (Lipinski definition) is 1. The van der Waals surface area contributed by atoms with E-state index in [0.717, 1.165) is 11.1 Å². The summed E-state index contributed by atoms with van der Waals surface area (Å²) < 4.78 is 33.6. The molecular formula is C24H28N4O4S. The molecule has 4 rings (SSSR count). The molecule has 0 bridgehead atoms. The van der Waals surface area contributed by atoms with Crippen LogP contribution in [0.25, 0.3) is 11.4 Å². The molecule has 1 aliphatic heterocycles. The smallest absolute Gasteiger partial charge is 0.245 e. The van der Waals surface area contributed by atoms with Crippen molar-refractivity contribution in [3.8, 4) is 11.4 Å². The van der Waals surface area contributed by atoms with Crippen LogP contribution >= 0.6 is 0 Å². The van der Waals surface area contributed by atoms with Gasteiger partial charge in [-0.15, -0.1) is 0 Å². The van der Waals surface area contributed by atoms with Crippen molar-refractivity contribution in [2.75, 3.05) is 11.9 Å². The van der Waals surface area contributed by atoms with Crippen molar-refractivity contribution in [1.29, 1.82) is 0 Å². The molecule has 1 atom stereocenters. The molecule has 3 aromatic rings. The molecule has 33 heavy (non-hydrogen) atoms. The zero-order valence-electron chi connectivity index (χ0n) is 19.0. The predicted octanol–water partition coefficient (Wildman–Crippen LogP) is 4.56. The lowest BCUT2D eigenvalue weighted by atomic mass is 10.1. The molecule has 2 heterocycles. The molecule has 1 fully saturated rings. The minimum Gasteiger partial charge on any atom is -0.337 e. The fourth-order valence-electron chi connectivity index (χ4n) is 3.89. The number of hydrogen-bond acceptors (Lipinski definition) is 6. The van der Waals surface area contributed by atoms with Crippen LogP contribution in [0.1, 0.15) is 50.6 Å². The van der Waals surface area contributed by atoms with Gasteiger partial charge in [-0.25, -0.2) is 8.42 Å². The Hall–Kier alpha value is -3.04. The summed E-state index contributed by atoms with van der Waals surface area (Å²) in [6.45, 7) is 6.31. The number of anilines is 1. The number of aromatic nitrogens is 2. The van der Waals surface area contributed by atoms with Crippen LogP contribution in [-0.2, 0) is 14.8 Å². The summed E-state index contributed by atoms with van der Waals surface area (Å²) in [5.74, 6) is 0.883. The molecule has 1 aromatic heterocycles. The average molecular weight is 469 g/mol. The van der Waals surface area contributed by atoms with E-state index in [4.69, 9.17) is 4.52 Å². The van der Waals surface area contributed by atoms with Crippen molar-refractivity contribution in [3.63, 3.8) is 0 Å². The Bertz CT molecular complexity index is 1220. The van der Waals surface area contributed by atoms with Crippen molar-refractivity contribution in [3.05, 3.63) is 60.0 Å². The summed E-state index contributed by atoms with van der Waals surface area (Å²) in [4.78, 5) is 16.6. The topological polar surface area (TPSA) is 105 Å². The first kappa shape index (κ1) is 23.1. The Labute approximate surface area is 194 Å². The van der Waals surface area contributed by atoms with Gasteiger partial charge in [0.05, 0.1) is 4.90 Å². The quantitative estimate of drug-likeness (QED) is 0.545. The minimum absolute atomic E-state index is 0.0963. The predicted molar refractivity (Wildman–Crippen MR) is 125 cm³/mol. The van der Waals surface area contributed by atoms with E-state index >= 15 is 0 Å². The first-order valence-corrected chi connectivity index (χ1v) is 12.5. The van der Waals surface area contributed by atoms with Gasteiger partial charge in [0, 0.05) is 24.2 Å². The van der Waals surface area contributed by atoms with Crippen LogP contribution in [0.4, 0.5) is 5.69 Å². The van der Waals surface area contributed by atoms with Crippen molar-refractivity contribution < 1.29 is 17.7 Å². The summed E-state index contributed by atoms with van der Waals surface area (Å²) in [6, 6.07) is 13.5. The third kappa shape index (κ3) is 5.15. The van der Waals surface area contributed by atoms with E-state index in [0.29, 0.717) is 43.2 Å². The summed E-state index contributed by atoms with van der Waals surface area (Å²) in [5.41, 5.74) is 2.51. The number of nitrogens with one attached hydrogen (secondary N) is 1. The van der Waals surface area contributed by atoms with E-state index in [1.165, 1.54) is 16.4 Å². The Morgan fingerprint density at radius 2 is 1.85 bits per heavy atom. The molecule has 1 saturated heterocycles. The van der Waals surface area contributed by atoms with Crippen molar-refractivity contribution >= 4 is 21.6 Å². The Balaban J connectivity index is 1.52. The molecule has 1 amide bonds. The maximum atomic E-state index is 13.4. The van der Waals surface area contributed by atoms with Gasteiger partial charge in [-0.05, 0) is 49.9 Å². The zero-order chi connectivity index (χ0) is 23.6. The van der Waals surface area contributed by atoms with Gasteiger partial charge < -0.3 is 9.84 Å². The minimum atomic E-state index is -3.77. The second-order valence-corrected chi connectivity index (χ2v) is 10.7. The number of nitrogens with zero attached hydrogens (tertiary/aromatic N) is 3. The molecule has 174 valence electrons. The van der Waals surface area contributed by atoms with Gasteiger partial charge in [-0.1, -0.05) is 48.8 Å². The number of carbonyl (C=O) groups excluding carboxylic acids is 1. The van der Waals surface area contributed by atoms with E-state index in [1.54, 1.807) is 12.1 Å². The number of amides is 1. The normalized spacial score (nSPS) is 16.9. The standard InChI is InChI=1S/C24H28N4O4S/c1-16(2)15-22(29)25-19-10-12-20(13-11-19)33(30,31)28-14-4-5-21(28)24-26-23(27-32-24)18-8-6-17(3)7-9-18/h6-13,16,21H,4-5,14-15H2,1-3H3,(H,25,29)/t21-/m1/s1. The molecule has 0 radical (unpaired) electrons. The van der Waals surface area contributed by atoms with E-state index < -0.39 is 16.1 Å². The summed E-state index contributed by atoms with van der Waals surface area (Å²) in [5, 5.41) is 6.86. The Morgan fingerprint density at radius 1 is 1.15 bits per heavy atom. The van der Waals surface area contributed by atoms with Gasteiger partial charge in [-0.3, -0.25) is 4.79 Å². The molecule has 0 spiro atoms. The van der Waals surface area contributed by atoms with Crippen molar-refractivity contribution in [2.45, 2.75) is 51.0 Å². The fourth-order valence-corrected chi connectivity index (χ4v) is 5.54. The van der Waals surface area contributed by atoms with Crippen LogP contribution in [0, 0.1) is 12.8 Å². The van der Waals surface area contributed by atoms with Crippen LogP contribution in [-0.4, -0.2) is 35.3 Å². The lowest BCUT2D eigenvalue weighted by molar-refractivity contribution is -0.116. The Kier molecular flexibility index (Phi) is 6.62. The van der Waals surface area contributed by atoms with Gasteiger partial charge in [0.1, 0.15) is 6.04 Å². The Morgan fingerprint density at radius 3 is 2.52 bits per heavy atom. The second-order valence-electron chi connectivity index (χ2n) is 8.77. The highest BCUT2D eigenvalue weighted by Gasteiger charge is 2.39. The first-order chi connectivity index (χ1) is 15.7. The highest BCUT2D eigenvalue weighted by Crippen LogP contribution is 2.36. The highest BCUT2D eigenvalue weighted by molar-refractivity contribution is 7.89. The molecule has 9 heteroatoms. The van der Waals surface area contributed by atoms with Gasteiger partial charge >= 0.3 is 0 Å². The van der Waals surface area contributed by atoms with Gasteiger partial charge in [0.25, 0.3) is 0 Å². The fraction of sp³-hybridized carbons (Fsp3) is 0.375. The molecule has 0 unspecified atom stereocenters. The third-order valence-electron chi connectivity index (χ3n) is 5.58. The molecule has 1 aliphatic rings. The van der Waals surface area contributed by atoms with Gasteiger partial charge in [0.2, 0.25) is 27.6 Å². The number of rotatable bonds is 7. The lowest BCUT2D eigenvalue weighted by Crippen LogP contribution is -2.30. The lowest BCUT2D eigenvalue weighted by Gasteiger charge is -2.21. The molecule has 0 aliphatic carbocycles. The summed E-state index contributed by atoms with van der Waals surface area (Å²) >= 11 is 0. The number of sulfonamides is 1. The van der Waals surface area contributed by atoms with E-state index in [2.05, 4.69) is 15.5 Å². The second kappa shape index (κ2) is 9.44. The number of benzene rings is 2. The summed E-state index contributed by atoms with van der Waals surface area (Å²) in [7, 11) is -3.77. The van der Waals surface area contributed by atoms with Gasteiger partial charge in [0.15, 0.2) is 0 Å². The van der Waals surface area contributed by atoms with Gasteiger partial charge in [-0.2, -0.15) is 9.29 Å². The zero-order valence-corrected chi connectivity index (χ0v) is 19.8. The average Bonchev–Trinajstić information content (AvgIpc) is 3.44. The third-order valence-corrected chi connectivity index (χ3v) is 7.50.